The number of fused-ring (bicyclic) bond motifs is 1. The third-order valence-corrected chi connectivity index (χ3v) is 3.97. The molecule has 24 heavy (non-hydrogen) atoms. The molecule has 1 aliphatic rings. The molecular weight excluding hydrogens is 318 g/mol. The monoisotopic (exact) mass is 347 g/mol. The van der Waals surface area contributed by atoms with E-state index < -0.39 is 11.9 Å². The first-order valence-electron chi connectivity index (χ1n) is 8.52. The molecule has 2 rings (SSSR count). The van der Waals surface area contributed by atoms with Crippen molar-refractivity contribution in [3.05, 3.63) is 60.0 Å². The summed E-state index contributed by atoms with van der Waals surface area (Å²) in [5.74, 6) is -1.18. The zero-order chi connectivity index (χ0) is 18.7. The number of thiocarbonyl (C=S) groups is 1. The fourth-order valence-electron chi connectivity index (χ4n) is 2.51. The van der Waals surface area contributed by atoms with Crippen LogP contribution in [0.3, 0.4) is 0 Å². The highest BCUT2D eigenvalue weighted by atomic mass is 32.1. The zero-order valence-electron chi connectivity index (χ0n) is 15.4. The number of rotatable bonds is 5. The fourth-order valence-corrected chi connectivity index (χ4v) is 2.88. The maximum Gasteiger partial charge on any atom is 0.312 e. The van der Waals surface area contributed by atoms with Crippen molar-refractivity contribution in [1.29, 1.82) is 0 Å². The van der Waals surface area contributed by atoms with Crippen LogP contribution in [0.25, 0.3) is 0 Å². The Bertz CT molecular complexity index is 624. The summed E-state index contributed by atoms with van der Waals surface area (Å²) in [6.45, 7) is 14.3. The lowest BCUT2D eigenvalue weighted by Gasteiger charge is -2.08. The fraction of sp³-hybridized carbons (Fsp3) is 0.400. The summed E-state index contributed by atoms with van der Waals surface area (Å²) in [5, 5.41) is 9.20. The number of aromatic nitrogens is 1. The van der Waals surface area contributed by atoms with Gasteiger partial charge in [-0.1, -0.05) is 70.8 Å². The number of aliphatic carboxylic acids is 1. The summed E-state index contributed by atoms with van der Waals surface area (Å²) in [5.41, 5.74) is 2.71. The second-order valence-corrected chi connectivity index (χ2v) is 5.05. The standard InChI is InChI=1S/C16H17NO2S.2C2H6/c1-3-5-6-11(4-2)15(20)14-8-7-13-12(16(18)19)9-10-17(13)14;2*1-2/h3-8,12H,1,9-10H2,2H3,(H,18,19);2*1-2H3/b6-5-,11-4+;;. The molecule has 4 heteroatoms. The Morgan fingerprint density at radius 2 is 1.96 bits per heavy atom. The molecule has 1 aromatic rings. The molecule has 0 radical (unpaired) electrons. The first-order valence-corrected chi connectivity index (χ1v) is 8.93. The Hall–Kier alpha value is -1.94. The molecule has 0 saturated heterocycles. The molecule has 1 unspecified atom stereocenters. The third-order valence-electron chi connectivity index (χ3n) is 3.53. The second kappa shape index (κ2) is 11.6. The maximum absolute atomic E-state index is 11.2. The average Bonchev–Trinajstić information content (AvgIpc) is 3.20. The number of carboxylic acids is 1. The zero-order valence-corrected chi connectivity index (χ0v) is 16.2. The molecule has 0 bridgehead atoms. The van der Waals surface area contributed by atoms with Gasteiger partial charge in [0, 0.05) is 12.2 Å². The van der Waals surface area contributed by atoms with Crippen LogP contribution in [0, 0.1) is 0 Å². The van der Waals surface area contributed by atoms with E-state index >= 15 is 0 Å². The first kappa shape index (κ1) is 22.1. The van der Waals surface area contributed by atoms with Crippen LogP contribution in [-0.2, 0) is 11.3 Å². The maximum atomic E-state index is 11.2. The summed E-state index contributed by atoms with van der Waals surface area (Å²) in [7, 11) is 0. The van der Waals surface area contributed by atoms with Crippen molar-refractivity contribution in [2.24, 2.45) is 0 Å². The molecule has 1 aliphatic heterocycles. The van der Waals surface area contributed by atoms with Crippen molar-refractivity contribution in [2.45, 2.75) is 53.5 Å². The van der Waals surface area contributed by atoms with Gasteiger partial charge in [-0.2, -0.15) is 0 Å². The molecule has 0 amide bonds. The van der Waals surface area contributed by atoms with E-state index in [-0.39, 0.29) is 0 Å². The van der Waals surface area contributed by atoms with Crippen LogP contribution in [0.4, 0.5) is 0 Å². The van der Waals surface area contributed by atoms with E-state index in [9.17, 15) is 9.90 Å². The van der Waals surface area contributed by atoms with Crippen molar-refractivity contribution in [1.82, 2.24) is 4.57 Å². The molecular formula is C20H29NO2S. The SMILES string of the molecule is C=C/C=C\C(=C/C)C(=S)c1ccc2n1CCC2C(=O)O.CC.CC. The molecule has 0 spiro atoms. The van der Waals surface area contributed by atoms with Gasteiger partial charge in [0.05, 0.1) is 16.5 Å². The minimum absolute atomic E-state index is 0.413. The predicted octanol–water partition coefficient (Wildman–Crippen LogP) is 5.52. The van der Waals surface area contributed by atoms with Gasteiger partial charge >= 0.3 is 5.97 Å². The number of carboxylic acid groups (broad SMARTS) is 1. The van der Waals surface area contributed by atoms with Crippen molar-refractivity contribution < 1.29 is 9.90 Å². The van der Waals surface area contributed by atoms with Gasteiger partial charge in [0.1, 0.15) is 0 Å². The molecule has 0 aliphatic carbocycles. The summed E-state index contributed by atoms with van der Waals surface area (Å²) in [4.78, 5) is 11.9. The average molecular weight is 348 g/mol. The molecule has 0 aromatic carbocycles. The van der Waals surface area contributed by atoms with Gasteiger partial charge in [-0.25, -0.2) is 0 Å². The van der Waals surface area contributed by atoms with Crippen LogP contribution in [0.5, 0.6) is 0 Å². The molecule has 132 valence electrons. The largest absolute Gasteiger partial charge is 0.481 e. The van der Waals surface area contributed by atoms with Crippen LogP contribution < -0.4 is 0 Å². The number of hydrogen-bond acceptors (Lipinski definition) is 2. The van der Waals surface area contributed by atoms with Gasteiger partial charge < -0.3 is 9.67 Å². The summed E-state index contributed by atoms with van der Waals surface area (Å²) in [6, 6.07) is 3.79. The number of nitrogens with zero attached hydrogens (tertiary/aromatic N) is 1. The lowest BCUT2D eigenvalue weighted by atomic mass is 10.1. The Labute approximate surface area is 151 Å². The highest BCUT2D eigenvalue weighted by Crippen LogP contribution is 2.31. The lowest BCUT2D eigenvalue weighted by molar-refractivity contribution is -0.138. The van der Waals surface area contributed by atoms with Crippen LogP contribution >= 0.6 is 12.2 Å². The van der Waals surface area contributed by atoms with Crippen molar-refractivity contribution in [3.8, 4) is 0 Å². The molecule has 1 N–H and O–H groups in total. The quantitative estimate of drug-likeness (QED) is 0.330. The van der Waals surface area contributed by atoms with Gasteiger partial charge in [-0.3, -0.25) is 4.79 Å². The molecule has 1 aromatic heterocycles. The van der Waals surface area contributed by atoms with Crippen LogP contribution in [0.2, 0.25) is 0 Å². The van der Waals surface area contributed by atoms with Gasteiger partial charge in [0.15, 0.2) is 0 Å². The Morgan fingerprint density at radius 1 is 1.33 bits per heavy atom. The van der Waals surface area contributed by atoms with E-state index in [1.807, 2.05) is 69.5 Å². The molecule has 1 atom stereocenters. The number of hydrogen-bond donors (Lipinski definition) is 1. The highest BCUT2D eigenvalue weighted by molar-refractivity contribution is 7.81. The van der Waals surface area contributed by atoms with Crippen LogP contribution in [-0.4, -0.2) is 20.5 Å². The number of carbonyl (C=O) groups is 1. The summed E-state index contributed by atoms with van der Waals surface area (Å²) < 4.78 is 2.02. The predicted molar refractivity (Wildman–Crippen MR) is 107 cm³/mol. The smallest absolute Gasteiger partial charge is 0.312 e. The lowest BCUT2D eigenvalue weighted by Crippen LogP contribution is -2.09. The summed E-state index contributed by atoms with van der Waals surface area (Å²) >= 11 is 5.53. The van der Waals surface area contributed by atoms with Gasteiger partial charge in [0.25, 0.3) is 0 Å². The highest BCUT2D eigenvalue weighted by Gasteiger charge is 2.30. The minimum Gasteiger partial charge on any atom is -0.481 e. The Kier molecular flexibility index (Phi) is 10.6. The van der Waals surface area contributed by atoms with Crippen molar-refractivity contribution >= 4 is 23.1 Å². The normalized spacial score (nSPS) is 15.7. The second-order valence-electron chi connectivity index (χ2n) is 4.64. The van der Waals surface area contributed by atoms with E-state index in [1.54, 1.807) is 6.08 Å². The third kappa shape index (κ3) is 5.03. The summed E-state index contributed by atoms with van der Waals surface area (Å²) in [6.07, 6.45) is 8.05. The molecule has 0 saturated carbocycles. The molecule has 0 fully saturated rings. The van der Waals surface area contributed by atoms with E-state index in [0.29, 0.717) is 13.0 Å². The van der Waals surface area contributed by atoms with Crippen molar-refractivity contribution in [2.75, 3.05) is 0 Å². The van der Waals surface area contributed by atoms with E-state index in [4.69, 9.17) is 12.2 Å². The molecule has 2 heterocycles. The Morgan fingerprint density at radius 3 is 2.46 bits per heavy atom. The van der Waals surface area contributed by atoms with Gasteiger partial charge in [-0.05, 0) is 31.1 Å². The minimum atomic E-state index is -0.767. The first-order chi connectivity index (χ1) is 11.6. The Balaban J connectivity index is 0.00000123. The van der Waals surface area contributed by atoms with E-state index in [0.717, 1.165) is 21.8 Å². The van der Waals surface area contributed by atoms with Crippen LogP contribution in [0.15, 0.2) is 48.6 Å². The van der Waals surface area contributed by atoms with Crippen molar-refractivity contribution in [3.63, 3.8) is 0 Å². The van der Waals surface area contributed by atoms with Gasteiger partial charge in [-0.15, -0.1) is 0 Å². The van der Waals surface area contributed by atoms with Gasteiger partial charge in [0.2, 0.25) is 0 Å². The molecule has 3 nitrogen and oxygen atoms in total. The van der Waals surface area contributed by atoms with Crippen LogP contribution in [0.1, 0.15) is 58.3 Å². The number of allylic oxidation sites excluding steroid dienone is 5. The van der Waals surface area contributed by atoms with E-state index in [1.165, 1.54) is 0 Å². The topological polar surface area (TPSA) is 42.2 Å². The van der Waals surface area contributed by atoms with E-state index in [2.05, 4.69) is 6.58 Å².